The van der Waals surface area contributed by atoms with Crippen LogP contribution in [-0.2, 0) is 4.79 Å². The van der Waals surface area contributed by atoms with Gasteiger partial charge in [0.2, 0.25) is 0 Å². The summed E-state index contributed by atoms with van der Waals surface area (Å²) in [7, 11) is 1.62. The molecule has 1 heterocycles. The molecule has 0 saturated heterocycles. The molecule has 7 heteroatoms. The summed E-state index contributed by atoms with van der Waals surface area (Å²) in [4.78, 5) is 16.5. The van der Waals surface area contributed by atoms with Gasteiger partial charge in [-0.25, -0.2) is 4.98 Å². The summed E-state index contributed by atoms with van der Waals surface area (Å²) >= 11 is 4.71. The molecule has 3 aromatic rings. The van der Waals surface area contributed by atoms with Crippen molar-refractivity contribution >= 4 is 38.3 Å². The molecule has 0 atom stereocenters. The number of carbonyl (C=O) groups excluding carboxylic acids is 1. The fraction of sp³-hybridized carbons (Fsp3) is 0.111. The summed E-state index contributed by atoms with van der Waals surface area (Å²) in [5.74, 6) is 1.11. The number of halogens is 1. The van der Waals surface area contributed by atoms with Gasteiger partial charge in [-0.3, -0.25) is 10.1 Å². The van der Waals surface area contributed by atoms with Crippen molar-refractivity contribution in [1.29, 1.82) is 0 Å². The van der Waals surface area contributed by atoms with Crippen LogP contribution in [0.5, 0.6) is 11.5 Å². The largest absolute Gasteiger partial charge is 0.496 e. The molecule has 0 aliphatic heterocycles. The molecule has 2 aromatic carbocycles. The van der Waals surface area contributed by atoms with Crippen molar-refractivity contribution in [3.8, 4) is 22.8 Å². The van der Waals surface area contributed by atoms with Gasteiger partial charge in [0.05, 0.1) is 12.8 Å². The minimum Gasteiger partial charge on any atom is -0.496 e. The quantitative estimate of drug-likeness (QED) is 0.635. The number of nitrogens with zero attached hydrogens (tertiary/aromatic N) is 1. The average molecular weight is 419 g/mol. The maximum absolute atomic E-state index is 12.0. The third-order valence-corrected chi connectivity index (χ3v) is 4.60. The molecule has 3 rings (SSSR count). The van der Waals surface area contributed by atoms with Crippen molar-refractivity contribution in [2.24, 2.45) is 0 Å². The lowest BCUT2D eigenvalue weighted by Crippen LogP contribution is -2.20. The van der Waals surface area contributed by atoms with Gasteiger partial charge in [-0.05, 0) is 36.4 Å². The maximum atomic E-state index is 12.0. The predicted octanol–water partition coefficient (Wildman–Crippen LogP) is 4.60. The number of aromatic nitrogens is 1. The Bertz CT molecular complexity index is 865. The highest BCUT2D eigenvalue weighted by Crippen LogP contribution is 2.31. The van der Waals surface area contributed by atoms with E-state index in [1.165, 1.54) is 11.3 Å². The van der Waals surface area contributed by atoms with Gasteiger partial charge in [-0.15, -0.1) is 11.3 Å². The molecule has 1 aromatic heterocycles. The van der Waals surface area contributed by atoms with Crippen LogP contribution in [0.15, 0.2) is 58.4 Å². The summed E-state index contributed by atoms with van der Waals surface area (Å²) in [6, 6.07) is 14.9. The Kier molecular flexibility index (Phi) is 5.67. The number of amides is 1. The van der Waals surface area contributed by atoms with Crippen LogP contribution < -0.4 is 14.8 Å². The van der Waals surface area contributed by atoms with Crippen LogP contribution in [0.4, 0.5) is 5.13 Å². The zero-order valence-electron chi connectivity index (χ0n) is 13.4. The molecular formula is C18H15BrN2O3S. The van der Waals surface area contributed by atoms with Gasteiger partial charge < -0.3 is 9.47 Å². The second-order valence-electron chi connectivity index (χ2n) is 5.03. The number of carbonyl (C=O) groups is 1. The van der Waals surface area contributed by atoms with Crippen LogP contribution in [0.1, 0.15) is 0 Å². The van der Waals surface area contributed by atoms with Gasteiger partial charge in [0.1, 0.15) is 11.5 Å². The second-order valence-corrected chi connectivity index (χ2v) is 6.80. The summed E-state index contributed by atoms with van der Waals surface area (Å²) in [6.45, 7) is -0.0782. The van der Waals surface area contributed by atoms with E-state index in [0.717, 1.165) is 21.5 Å². The number of hydrogen-bond acceptors (Lipinski definition) is 5. The number of nitrogens with one attached hydrogen (secondary N) is 1. The van der Waals surface area contributed by atoms with Crippen LogP contribution in [0.25, 0.3) is 11.3 Å². The highest BCUT2D eigenvalue weighted by atomic mass is 79.9. The Morgan fingerprint density at radius 1 is 1.20 bits per heavy atom. The summed E-state index contributed by atoms with van der Waals surface area (Å²) < 4.78 is 11.7. The Morgan fingerprint density at radius 2 is 1.96 bits per heavy atom. The standard InChI is InChI=1S/C18H15BrN2O3S/c1-23-16-5-3-2-4-14(16)15-11-25-18(20-15)21-17(22)10-24-13-8-6-12(19)7-9-13/h2-9,11H,10H2,1H3,(H,20,21,22). The summed E-state index contributed by atoms with van der Waals surface area (Å²) in [6.07, 6.45) is 0. The molecule has 128 valence electrons. The van der Waals surface area contributed by atoms with Crippen LogP contribution in [0.2, 0.25) is 0 Å². The van der Waals surface area contributed by atoms with Crippen LogP contribution in [0.3, 0.4) is 0 Å². The van der Waals surface area contributed by atoms with Crippen molar-refractivity contribution in [3.05, 3.63) is 58.4 Å². The third-order valence-electron chi connectivity index (χ3n) is 3.32. The van der Waals surface area contributed by atoms with E-state index in [9.17, 15) is 4.79 Å². The molecule has 1 amide bonds. The average Bonchev–Trinajstić information content (AvgIpc) is 3.09. The Labute approximate surface area is 157 Å². The first-order valence-corrected chi connectivity index (χ1v) is 9.10. The van der Waals surface area contributed by atoms with E-state index in [1.807, 2.05) is 41.8 Å². The number of benzene rings is 2. The lowest BCUT2D eigenvalue weighted by molar-refractivity contribution is -0.118. The number of ether oxygens (including phenoxy) is 2. The van der Waals surface area contributed by atoms with Crippen LogP contribution in [0, 0.1) is 0 Å². The van der Waals surface area contributed by atoms with Crippen LogP contribution >= 0.6 is 27.3 Å². The third kappa shape index (κ3) is 4.58. The molecule has 0 aliphatic carbocycles. The zero-order chi connectivity index (χ0) is 17.6. The van der Waals surface area contributed by atoms with Crippen molar-refractivity contribution in [1.82, 2.24) is 4.98 Å². The minimum atomic E-state index is -0.260. The van der Waals surface area contributed by atoms with Gasteiger partial charge >= 0.3 is 0 Å². The van der Waals surface area contributed by atoms with Gasteiger partial charge in [-0.2, -0.15) is 0 Å². The molecule has 0 fully saturated rings. The lowest BCUT2D eigenvalue weighted by atomic mass is 10.1. The minimum absolute atomic E-state index is 0.0782. The predicted molar refractivity (Wildman–Crippen MR) is 102 cm³/mol. The first-order chi connectivity index (χ1) is 12.2. The van der Waals surface area contributed by atoms with Crippen molar-refractivity contribution in [2.45, 2.75) is 0 Å². The van der Waals surface area contributed by atoms with Crippen molar-refractivity contribution < 1.29 is 14.3 Å². The Hall–Kier alpha value is -2.38. The summed E-state index contributed by atoms with van der Waals surface area (Å²) in [5, 5.41) is 5.14. The molecule has 25 heavy (non-hydrogen) atoms. The van der Waals surface area contributed by atoms with E-state index in [-0.39, 0.29) is 12.5 Å². The highest BCUT2D eigenvalue weighted by molar-refractivity contribution is 9.10. The van der Waals surface area contributed by atoms with E-state index in [2.05, 4.69) is 26.2 Å². The van der Waals surface area contributed by atoms with Gasteiger partial charge in [0.15, 0.2) is 11.7 Å². The van der Waals surface area contributed by atoms with Crippen molar-refractivity contribution in [3.63, 3.8) is 0 Å². The van der Waals surface area contributed by atoms with Gasteiger partial charge in [0, 0.05) is 15.4 Å². The number of para-hydroxylation sites is 1. The van der Waals surface area contributed by atoms with E-state index >= 15 is 0 Å². The monoisotopic (exact) mass is 418 g/mol. The molecule has 0 radical (unpaired) electrons. The number of hydrogen-bond donors (Lipinski definition) is 1. The molecule has 0 spiro atoms. The number of rotatable bonds is 6. The first kappa shape index (κ1) is 17.4. The van der Waals surface area contributed by atoms with Crippen molar-refractivity contribution in [2.75, 3.05) is 19.0 Å². The van der Waals surface area contributed by atoms with E-state index < -0.39 is 0 Å². The maximum Gasteiger partial charge on any atom is 0.264 e. The molecule has 5 nitrogen and oxygen atoms in total. The fourth-order valence-electron chi connectivity index (χ4n) is 2.15. The normalized spacial score (nSPS) is 10.3. The topological polar surface area (TPSA) is 60.5 Å². The SMILES string of the molecule is COc1ccccc1-c1csc(NC(=O)COc2ccc(Br)cc2)n1. The highest BCUT2D eigenvalue weighted by Gasteiger charge is 2.11. The van der Waals surface area contributed by atoms with Crippen LogP contribution in [-0.4, -0.2) is 24.6 Å². The second kappa shape index (κ2) is 8.13. The van der Waals surface area contributed by atoms with E-state index in [4.69, 9.17) is 9.47 Å². The molecule has 0 saturated carbocycles. The Morgan fingerprint density at radius 3 is 2.72 bits per heavy atom. The van der Waals surface area contributed by atoms with E-state index in [1.54, 1.807) is 19.2 Å². The molecular weight excluding hydrogens is 404 g/mol. The van der Waals surface area contributed by atoms with Gasteiger partial charge in [-0.1, -0.05) is 28.1 Å². The molecule has 0 aliphatic rings. The Balaban J connectivity index is 1.61. The first-order valence-electron chi connectivity index (χ1n) is 7.43. The number of methoxy groups -OCH3 is 1. The lowest BCUT2D eigenvalue weighted by Gasteiger charge is -2.06. The molecule has 0 unspecified atom stereocenters. The van der Waals surface area contributed by atoms with E-state index in [0.29, 0.717) is 10.9 Å². The fourth-order valence-corrected chi connectivity index (χ4v) is 3.14. The molecule has 1 N–H and O–H groups in total. The molecule has 0 bridgehead atoms. The smallest absolute Gasteiger partial charge is 0.264 e. The zero-order valence-corrected chi connectivity index (χ0v) is 15.8. The number of anilines is 1. The van der Waals surface area contributed by atoms with Gasteiger partial charge in [0.25, 0.3) is 5.91 Å². The number of thiazole rings is 1. The summed E-state index contributed by atoms with van der Waals surface area (Å²) in [5.41, 5.74) is 1.64.